The Morgan fingerprint density at radius 3 is 2.27 bits per heavy atom. The largest absolute Gasteiger partial charge is 0.449 e. The van der Waals surface area contributed by atoms with Gasteiger partial charge in [-0.3, -0.25) is 0 Å². The van der Waals surface area contributed by atoms with Crippen LogP contribution in [0.15, 0.2) is 70.6 Å². The molecule has 2 aromatic rings. The van der Waals surface area contributed by atoms with Gasteiger partial charge in [0, 0.05) is 24.6 Å². The molecule has 30 heavy (non-hydrogen) atoms. The van der Waals surface area contributed by atoms with Gasteiger partial charge in [-0.1, -0.05) is 83.3 Å². The number of aliphatic imine (C=N–C) groups is 2. The van der Waals surface area contributed by atoms with E-state index in [1.807, 2.05) is 60.7 Å². The zero-order valence-corrected chi connectivity index (χ0v) is 19.3. The third kappa shape index (κ3) is 5.40. The maximum Gasteiger partial charge on any atom is 0.422 e. The number of halogens is 3. The van der Waals surface area contributed by atoms with E-state index < -0.39 is 16.1 Å². The van der Waals surface area contributed by atoms with Crippen LogP contribution >= 0.6 is 46.8 Å². The number of amidine groups is 2. The Morgan fingerprint density at radius 2 is 1.70 bits per heavy atom. The van der Waals surface area contributed by atoms with E-state index in [4.69, 9.17) is 44.5 Å². The Kier molecular flexibility index (Phi) is 7.52. The lowest BCUT2D eigenvalue weighted by molar-refractivity contribution is 0.112. The molecule has 1 amide bonds. The predicted molar refractivity (Wildman–Crippen MR) is 125 cm³/mol. The summed E-state index contributed by atoms with van der Waals surface area (Å²) in [5.74, 6) is 0.463. The van der Waals surface area contributed by atoms with E-state index in [0.29, 0.717) is 11.0 Å². The van der Waals surface area contributed by atoms with Crippen molar-refractivity contribution in [3.05, 3.63) is 66.2 Å². The summed E-state index contributed by atoms with van der Waals surface area (Å²) >= 11 is 19.5. The summed E-state index contributed by atoms with van der Waals surface area (Å²) in [5.41, 5.74) is 1.55. The van der Waals surface area contributed by atoms with E-state index in [0.717, 1.165) is 23.2 Å². The minimum Gasteiger partial charge on any atom is -0.449 e. The molecule has 0 aliphatic carbocycles. The molecule has 1 atom stereocenters. The van der Waals surface area contributed by atoms with Crippen LogP contribution in [0, 0.1) is 0 Å². The number of hydrogen-bond acceptors (Lipinski definition) is 4. The summed E-state index contributed by atoms with van der Waals surface area (Å²) < 4.78 is 4.59. The second kappa shape index (κ2) is 9.92. The Balaban J connectivity index is 2.04. The van der Waals surface area contributed by atoms with Crippen LogP contribution in [0.4, 0.5) is 10.5 Å². The van der Waals surface area contributed by atoms with Crippen LogP contribution in [0.5, 0.6) is 0 Å². The van der Waals surface area contributed by atoms with E-state index in [2.05, 4.69) is 4.99 Å². The van der Waals surface area contributed by atoms with Gasteiger partial charge < -0.3 is 9.64 Å². The first kappa shape index (κ1) is 22.7. The highest BCUT2D eigenvalue weighted by atomic mass is 35.6. The van der Waals surface area contributed by atoms with E-state index in [-0.39, 0.29) is 6.61 Å². The van der Waals surface area contributed by atoms with E-state index in [9.17, 15) is 4.79 Å². The van der Waals surface area contributed by atoms with Crippen molar-refractivity contribution in [2.75, 3.05) is 13.7 Å². The molecule has 0 aromatic heterocycles. The van der Waals surface area contributed by atoms with Crippen molar-refractivity contribution in [3.63, 3.8) is 0 Å². The van der Waals surface area contributed by atoms with Crippen molar-refractivity contribution in [3.8, 4) is 0 Å². The van der Waals surface area contributed by atoms with Crippen molar-refractivity contribution in [2.24, 2.45) is 9.98 Å². The fourth-order valence-electron chi connectivity index (χ4n) is 2.70. The van der Waals surface area contributed by atoms with Crippen LogP contribution in [0.25, 0.3) is 0 Å². The van der Waals surface area contributed by atoms with Gasteiger partial charge in [0.2, 0.25) is 3.79 Å². The molecule has 1 aliphatic rings. The van der Waals surface area contributed by atoms with Gasteiger partial charge in [-0.2, -0.15) is 0 Å². The average Bonchev–Trinajstić information content (AvgIpc) is 3.06. The number of carbonyl (C=O) groups is 1. The molecular weight excluding hydrogens is 467 g/mol. The van der Waals surface area contributed by atoms with Crippen LogP contribution in [0.2, 0.25) is 0 Å². The van der Waals surface area contributed by atoms with Gasteiger partial charge in [-0.25, -0.2) is 19.1 Å². The molecule has 1 aliphatic heterocycles. The number of carbonyl (C=O) groups excluding carboxylic acids is 1. The Hall–Kier alpha value is -1.93. The summed E-state index contributed by atoms with van der Waals surface area (Å²) in [4.78, 5) is 23.4. The van der Waals surface area contributed by atoms with E-state index >= 15 is 0 Å². The van der Waals surface area contributed by atoms with Crippen molar-refractivity contribution in [1.29, 1.82) is 0 Å². The summed E-state index contributed by atoms with van der Waals surface area (Å²) in [6, 6.07) is 19.0. The molecular formula is C20H19Cl3N4O2S. The number of alkyl halides is 3. The van der Waals surface area contributed by atoms with Crippen LogP contribution in [-0.2, 0) is 4.74 Å². The van der Waals surface area contributed by atoms with Crippen LogP contribution in [-0.4, -0.2) is 49.9 Å². The summed E-state index contributed by atoms with van der Waals surface area (Å²) in [5, 5.41) is 0.443. The van der Waals surface area contributed by atoms with Crippen LogP contribution in [0.1, 0.15) is 12.5 Å². The molecule has 6 nitrogen and oxygen atoms in total. The van der Waals surface area contributed by atoms with Crippen LogP contribution in [0.3, 0.4) is 0 Å². The first-order valence-electron chi connectivity index (χ1n) is 9.02. The van der Waals surface area contributed by atoms with Gasteiger partial charge in [0.25, 0.3) is 0 Å². The molecule has 0 radical (unpaired) electrons. The molecule has 1 fully saturated rings. The number of hydrogen-bond donors (Lipinski definition) is 0. The quantitative estimate of drug-likeness (QED) is 0.236. The number of ether oxygens (including phenoxy) is 1. The fraction of sp³-hybridized carbons (Fsp3) is 0.250. The highest BCUT2D eigenvalue weighted by Crippen LogP contribution is 2.43. The van der Waals surface area contributed by atoms with Crippen molar-refractivity contribution < 1.29 is 9.53 Å². The van der Waals surface area contributed by atoms with Crippen molar-refractivity contribution >= 4 is 69.5 Å². The second-order valence-corrected chi connectivity index (χ2v) is 9.48. The van der Waals surface area contributed by atoms with Gasteiger partial charge in [0.1, 0.15) is 0 Å². The number of para-hydroxylation sites is 1. The monoisotopic (exact) mass is 484 g/mol. The molecule has 1 unspecified atom stereocenters. The van der Waals surface area contributed by atoms with Gasteiger partial charge >= 0.3 is 6.09 Å². The maximum atomic E-state index is 12.4. The van der Waals surface area contributed by atoms with Gasteiger partial charge in [0.05, 0.1) is 12.3 Å². The summed E-state index contributed by atoms with van der Waals surface area (Å²) in [6.45, 7) is 1.91. The predicted octanol–water partition coefficient (Wildman–Crippen LogP) is 5.87. The number of rotatable bonds is 3. The molecule has 1 heterocycles. The van der Waals surface area contributed by atoms with E-state index in [1.165, 1.54) is 4.31 Å². The molecule has 0 spiro atoms. The highest BCUT2D eigenvalue weighted by Gasteiger charge is 2.50. The third-order valence-electron chi connectivity index (χ3n) is 4.04. The lowest BCUT2D eigenvalue weighted by atomic mass is 10.2. The van der Waals surface area contributed by atoms with E-state index in [1.54, 1.807) is 18.9 Å². The number of benzene rings is 2. The molecule has 3 rings (SSSR count). The molecule has 1 saturated heterocycles. The molecule has 0 saturated carbocycles. The SMILES string of the molecule is CCOC(=O)N1SC(=NC(=Nc2ccccc2)c2ccccc2)N(C)C1C(Cl)(Cl)Cl. The Bertz CT molecular complexity index is 936. The summed E-state index contributed by atoms with van der Waals surface area (Å²) in [7, 11) is 1.70. The maximum absolute atomic E-state index is 12.4. The normalized spacial score (nSPS) is 18.8. The van der Waals surface area contributed by atoms with Gasteiger partial charge in [0.15, 0.2) is 17.2 Å². The lowest BCUT2D eigenvalue weighted by Crippen LogP contribution is -2.48. The topological polar surface area (TPSA) is 57.5 Å². The molecule has 2 aromatic carbocycles. The Morgan fingerprint density at radius 1 is 1.10 bits per heavy atom. The highest BCUT2D eigenvalue weighted by molar-refractivity contribution is 8.12. The second-order valence-electron chi connectivity index (χ2n) is 6.17. The third-order valence-corrected chi connectivity index (χ3v) is 5.71. The summed E-state index contributed by atoms with van der Waals surface area (Å²) in [6.07, 6.45) is -1.52. The van der Waals surface area contributed by atoms with Gasteiger partial charge in [-0.15, -0.1) is 0 Å². The fourth-order valence-corrected chi connectivity index (χ4v) is 4.66. The number of nitrogens with zero attached hydrogens (tertiary/aromatic N) is 4. The molecule has 10 heteroatoms. The smallest absolute Gasteiger partial charge is 0.422 e. The van der Waals surface area contributed by atoms with Crippen molar-refractivity contribution in [2.45, 2.75) is 16.9 Å². The Labute approximate surface area is 194 Å². The number of amides is 1. The first-order valence-corrected chi connectivity index (χ1v) is 10.9. The molecule has 158 valence electrons. The zero-order valence-electron chi connectivity index (χ0n) is 16.2. The minimum absolute atomic E-state index is 0.198. The van der Waals surface area contributed by atoms with Crippen molar-refractivity contribution in [1.82, 2.24) is 9.21 Å². The lowest BCUT2D eigenvalue weighted by Gasteiger charge is -2.31. The minimum atomic E-state index is -1.78. The average molecular weight is 486 g/mol. The molecule has 0 N–H and O–H groups in total. The first-order chi connectivity index (χ1) is 14.3. The molecule has 0 bridgehead atoms. The standard InChI is InChI=1S/C20H19Cl3N4O2S/c1-3-29-19(28)27-17(20(21,22)23)26(2)18(30-27)25-16(14-10-6-4-7-11-14)24-15-12-8-5-9-13-15/h4-13,17H,3H2,1-2H3. The van der Waals surface area contributed by atoms with Crippen LogP contribution < -0.4 is 0 Å². The van der Waals surface area contributed by atoms with Gasteiger partial charge in [-0.05, 0) is 19.1 Å². The zero-order chi connectivity index (χ0) is 21.7.